The van der Waals surface area contributed by atoms with Crippen molar-refractivity contribution in [2.24, 2.45) is 5.92 Å². The van der Waals surface area contributed by atoms with Crippen molar-refractivity contribution >= 4 is 11.6 Å². The quantitative estimate of drug-likeness (QED) is 0.803. The second-order valence-electron chi connectivity index (χ2n) is 7.58. The largest absolute Gasteiger partial charge is 0.497 e. The molecule has 1 N–H and O–H groups in total. The Morgan fingerprint density at radius 2 is 1.75 bits per heavy atom. The molecule has 5 heteroatoms. The first kappa shape index (κ1) is 20.1. The molecule has 0 aromatic heterocycles. The summed E-state index contributed by atoms with van der Waals surface area (Å²) in [4.78, 5) is 15.1. The zero-order valence-corrected chi connectivity index (χ0v) is 17.2. The van der Waals surface area contributed by atoms with Crippen LogP contribution in [0.25, 0.3) is 0 Å². The maximum absolute atomic E-state index is 12.7. The predicted molar refractivity (Wildman–Crippen MR) is 112 cm³/mol. The summed E-state index contributed by atoms with van der Waals surface area (Å²) in [7, 11) is 3.15. The maximum atomic E-state index is 12.7. The number of nitrogens with one attached hydrogen (secondary N) is 1. The molecule has 1 amide bonds. The summed E-state index contributed by atoms with van der Waals surface area (Å²) >= 11 is 0. The normalized spacial score (nSPS) is 17.7. The van der Waals surface area contributed by atoms with Crippen LogP contribution in [0.3, 0.4) is 0 Å². The fraction of sp³-hybridized carbons (Fsp3) is 0.435. The fourth-order valence-corrected chi connectivity index (χ4v) is 3.70. The molecule has 1 aliphatic rings. The maximum Gasteiger partial charge on any atom is 0.252 e. The van der Waals surface area contributed by atoms with Crippen LogP contribution in [0.15, 0.2) is 42.5 Å². The van der Waals surface area contributed by atoms with E-state index >= 15 is 0 Å². The van der Waals surface area contributed by atoms with Crippen LogP contribution in [0, 0.1) is 5.92 Å². The number of rotatable bonds is 6. The lowest BCUT2D eigenvalue weighted by molar-refractivity contribution is 0.0939. The van der Waals surface area contributed by atoms with Crippen molar-refractivity contribution in [3.05, 3.63) is 53.6 Å². The van der Waals surface area contributed by atoms with Gasteiger partial charge in [-0.05, 0) is 55.5 Å². The van der Waals surface area contributed by atoms with E-state index < -0.39 is 0 Å². The van der Waals surface area contributed by atoms with E-state index in [-0.39, 0.29) is 11.9 Å². The highest BCUT2D eigenvalue weighted by molar-refractivity contribution is 5.95. The van der Waals surface area contributed by atoms with Crippen LogP contribution < -0.4 is 19.7 Å². The van der Waals surface area contributed by atoms with Gasteiger partial charge in [0.1, 0.15) is 11.5 Å². The molecular weight excluding hydrogens is 352 g/mol. The summed E-state index contributed by atoms with van der Waals surface area (Å²) in [6.45, 7) is 6.54. The molecule has 1 saturated heterocycles. The third kappa shape index (κ3) is 4.77. The number of methoxy groups -OCH3 is 2. The number of anilines is 1. The van der Waals surface area contributed by atoms with Gasteiger partial charge in [-0.1, -0.05) is 19.1 Å². The van der Waals surface area contributed by atoms with Crippen LogP contribution in [0.2, 0.25) is 0 Å². The summed E-state index contributed by atoms with van der Waals surface area (Å²) in [6, 6.07) is 13.6. The van der Waals surface area contributed by atoms with Crippen molar-refractivity contribution in [2.45, 2.75) is 32.7 Å². The van der Waals surface area contributed by atoms with Gasteiger partial charge in [-0.3, -0.25) is 4.79 Å². The molecule has 0 unspecified atom stereocenters. The van der Waals surface area contributed by atoms with Gasteiger partial charge < -0.3 is 19.7 Å². The smallest absolute Gasteiger partial charge is 0.252 e. The van der Waals surface area contributed by atoms with E-state index in [1.54, 1.807) is 32.4 Å². The van der Waals surface area contributed by atoms with Crippen molar-refractivity contribution < 1.29 is 14.3 Å². The summed E-state index contributed by atoms with van der Waals surface area (Å²) < 4.78 is 10.5. The molecule has 0 saturated carbocycles. The summed E-state index contributed by atoms with van der Waals surface area (Å²) in [5, 5.41) is 3.06. The van der Waals surface area contributed by atoms with Gasteiger partial charge in [0.15, 0.2) is 0 Å². The molecular formula is C23H30N2O3. The lowest BCUT2D eigenvalue weighted by Crippen LogP contribution is -2.34. The highest BCUT2D eigenvalue weighted by Gasteiger charge is 2.18. The Labute approximate surface area is 167 Å². The van der Waals surface area contributed by atoms with Gasteiger partial charge in [-0.15, -0.1) is 0 Å². The number of hydrogen-bond acceptors (Lipinski definition) is 4. The number of ether oxygens (including phenoxy) is 2. The number of hydrogen-bond donors (Lipinski definition) is 1. The van der Waals surface area contributed by atoms with Crippen LogP contribution in [-0.4, -0.2) is 33.2 Å². The average molecular weight is 383 g/mol. The van der Waals surface area contributed by atoms with Crippen LogP contribution in [0.4, 0.5) is 5.69 Å². The van der Waals surface area contributed by atoms with Crippen LogP contribution >= 0.6 is 0 Å². The molecule has 2 aromatic carbocycles. The Bertz CT molecular complexity index is 782. The van der Waals surface area contributed by atoms with Crippen LogP contribution in [0.1, 0.15) is 48.7 Å². The van der Waals surface area contributed by atoms with Gasteiger partial charge in [0.05, 0.1) is 20.3 Å². The van der Waals surface area contributed by atoms with Crippen molar-refractivity contribution in [3.8, 4) is 11.5 Å². The van der Waals surface area contributed by atoms with E-state index in [0.717, 1.165) is 24.6 Å². The van der Waals surface area contributed by atoms with E-state index in [4.69, 9.17) is 9.47 Å². The summed E-state index contributed by atoms with van der Waals surface area (Å²) in [6.07, 6.45) is 2.56. The zero-order chi connectivity index (χ0) is 20.1. The first-order chi connectivity index (χ1) is 13.5. The highest BCUT2D eigenvalue weighted by atomic mass is 16.5. The fourth-order valence-electron chi connectivity index (χ4n) is 3.70. The SMILES string of the molecule is COc1cc(OC)cc(C(=O)N[C@@H](C)c2ccc(N3CCC[C@@H](C)C3)cc2)c1. The lowest BCUT2D eigenvalue weighted by atomic mass is 9.99. The molecule has 2 aromatic rings. The third-order valence-electron chi connectivity index (χ3n) is 5.38. The van der Waals surface area contributed by atoms with E-state index in [0.29, 0.717) is 17.1 Å². The second-order valence-corrected chi connectivity index (χ2v) is 7.58. The standard InChI is InChI=1S/C23H30N2O3/c1-16-6-5-11-25(15-16)20-9-7-18(8-10-20)17(2)24-23(26)19-12-21(27-3)14-22(13-19)28-4/h7-10,12-14,16-17H,5-6,11,15H2,1-4H3,(H,24,26)/t16-,17+/m1/s1. The minimum atomic E-state index is -0.154. The Hall–Kier alpha value is -2.69. The predicted octanol–water partition coefficient (Wildman–Crippen LogP) is 4.43. The minimum absolute atomic E-state index is 0.0981. The summed E-state index contributed by atoms with van der Waals surface area (Å²) in [5.41, 5.74) is 2.85. The van der Waals surface area contributed by atoms with Gasteiger partial charge >= 0.3 is 0 Å². The Morgan fingerprint density at radius 1 is 1.11 bits per heavy atom. The number of piperidine rings is 1. The zero-order valence-electron chi connectivity index (χ0n) is 17.2. The average Bonchev–Trinajstić information content (AvgIpc) is 2.73. The first-order valence-electron chi connectivity index (χ1n) is 9.89. The Balaban J connectivity index is 1.67. The molecule has 150 valence electrons. The molecule has 0 spiro atoms. The lowest BCUT2D eigenvalue weighted by Gasteiger charge is -2.33. The summed E-state index contributed by atoms with van der Waals surface area (Å²) in [5.74, 6) is 1.78. The van der Waals surface area contributed by atoms with Gasteiger partial charge in [-0.2, -0.15) is 0 Å². The van der Waals surface area contributed by atoms with E-state index in [1.165, 1.54) is 18.5 Å². The molecule has 3 rings (SSSR count). The van der Waals surface area contributed by atoms with Gasteiger partial charge in [-0.25, -0.2) is 0 Å². The molecule has 0 aliphatic carbocycles. The Morgan fingerprint density at radius 3 is 2.32 bits per heavy atom. The second kappa shape index (κ2) is 9.00. The molecule has 5 nitrogen and oxygen atoms in total. The number of nitrogens with zero attached hydrogens (tertiary/aromatic N) is 1. The molecule has 0 bridgehead atoms. The monoisotopic (exact) mass is 382 g/mol. The van der Waals surface area contributed by atoms with E-state index in [1.807, 2.05) is 6.92 Å². The Kier molecular flexibility index (Phi) is 6.45. The molecule has 1 aliphatic heterocycles. The number of carbonyl (C=O) groups is 1. The van der Waals surface area contributed by atoms with Crippen LogP contribution in [0.5, 0.6) is 11.5 Å². The molecule has 1 heterocycles. The van der Waals surface area contributed by atoms with Gasteiger partial charge in [0.25, 0.3) is 5.91 Å². The van der Waals surface area contributed by atoms with Crippen LogP contribution in [-0.2, 0) is 0 Å². The van der Waals surface area contributed by atoms with E-state index in [9.17, 15) is 4.79 Å². The van der Waals surface area contributed by atoms with E-state index in [2.05, 4.69) is 41.4 Å². The third-order valence-corrected chi connectivity index (χ3v) is 5.38. The highest BCUT2D eigenvalue weighted by Crippen LogP contribution is 2.26. The topological polar surface area (TPSA) is 50.8 Å². The molecule has 28 heavy (non-hydrogen) atoms. The van der Waals surface area contributed by atoms with Crippen molar-refractivity contribution in [1.29, 1.82) is 0 Å². The van der Waals surface area contributed by atoms with Gasteiger partial charge in [0.2, 0.25) is 0 Å². The van der Waals surface area contributed by atoms with Gasteiger partial charge in [0, 0.05) is 30.4 Å². The molecule has 0 radical (unpaired) electrons. The molecule has 1 fully saturated rings. The number of carbonyl (C=O) groups excluding carboxylic acids is 1. The number of amides is 1. The number of benzene rings is 2. The first-order valence-corrected chi connectivity index (χ1v) is 9.89. The van der Waals surface area contributed by atoms with Crippen molar-refractivity contribution in [2.75, 3.05) is 32.2 Å². The van der Waals surface area contributed by atoms with Crippen molar-refractivity contribution in [1.82, 2.24) is 5.32 Å². The van der Waals surface area contributed by atoms with Crippen molar-refractivity contribution in [3.63, 3.8) is 0 Å². The minimum Gasteiger partial charge on any atom is -0.497 e. The molecule has 2 atom stereocenters.